The van der Waals surface area contributed by atoms with Crippen LogP contribution in [0.4, 0.5) is 0 Å². The summed E-state index contributed by atoms with van der Waals surface area (Å²) in [6.07, 6.45) is 1.14. The van der Waals surface area contributed by atoms with E-state index in [9.17, 15) is 0 Å². The number of thiophene rings is 2. The van der Waals surface area contributed by atoms with E-state index in [4.69, 9.17) is 0 Å². The van der Waals surface area contributed by atoms with Gasteiger partial charge >= 0.3 is 0 Å². The van der Waals surface area contributed by atoms with E-state index in [-0.39, 0.29) is 0 Å². The first-order valence-corrected chi connectivity index (χ1v) is 21.5. The summed E-state index contributed by atoms with van der Waals surface area (Å²) in [5.74, 6) is 0. The summed E-state index contributed by atoms with van der Waals surface area (Å²) in [7, 11) is 0. The largest absolute Gasteiger partial charge is 0.152 e. The van der Waals surface area contributed by atoms with Crippen molar-refractivity contribution in [1.82, 2.24) is 0 Å². The Hall–Kier alpha value is -4.50. The van der Waals surface area contributed by atoms with E-state index in [0.29, 0.717) is 0 Å². The van der Waals surface area contributed by atoms with Gasteiger partial charge in [-0.3, -0.25) is 0 Å². The molecule has 0 atom stereocenters. The molecule has 56 heavy (non-hydrogen) atoms. The number of benzene rings is 5. The summed E-state index contributed by atoms with van der Waals surface area (Å²) in [6.45, 7) is 31.8. The number of rotatable bonds is 1. The lowest BCUT2D eigenvalue weighted by molar-refractivity contribution is 1.14. The summed E-state index contributed by atoms with van der Waals surface area (Å²) in [6, 6.07) is 43.0. The molecule has 0 aliphatic carbocycles. The minimum Gasteiger partial charge on any atom is -0.152 e. The van der Waals surface area contributed by atoms with Gasteiger partial charge in [0.15, 0.2) is 0 Å². The second-order valence-electron chi connectivity index (χ2n) is 14.9. The standard InChI is InChI=1S/4C9H12.C8H10.2C5H6S/c1-7-4-8(2)6-9(3)5-7;2*1-7-4-5-8(2)9(3)6-7;1-3-9-6-4-8(2)5-7-9;1-7-3-5-8(2)6-4-7;1-5-2-3-6-4-5;1-5-3-2-4-6-5/h3*4-6H,1-3H3;4-7H,3H2,1-2H3;3-6H,1-2H3;2*2-4H,1H3. The van der Waals surface area contributed by atoms with Crippen LogP contribution in [0.15, 0.2) is 137 Å². The molecule has 0 aliphatic rings. The molecule has 0 saturated heterocycles. The molecule has 0 N–H and O–H groups in total. The number of aryl methyl sites for hydroxylation is 15. The number of hydrogen-bond donors (Lipinski definition) is 0. The second kappa shape index (κ2) is 28.0. The summed E-state index contributed by atoms with van der Waals surface area (Å²) in [5, 5.41) is 6.28. The Bertz CT molecular complexity index is 1870. The van der Waals surface area contributed by atoms with Gasteiger partial charge in [-0.25, -0.2) is 0 Å². The van der Waals surface area contributed by atoms with Crippen LogP contribution in [0, 0.1) is 96.9 Å². The van der Waals surface area contributed by atoms with E-state index in [2.05, 4.69) is 241 Å². The third-order valence-electron chi connectivity index (χ3n) is 8.76. The van der Waals surface area contributed by atoms with Gasteiger partial charge in [-0.2, -0.15) is 11.3 Å². The van der Waals surface area contributed by atoms with Crippen LogP contribution in [0.2, 0.25) is 0 Å². The smallest absolute Gasteiger partial charge is 0.00141 e. The van der Waals surface area contributed by atoms with Crippen molar-refractivity contribution in [3.8, 4) is 0 Å². The van der Waals surface area contributed by atoms with E-state index in [1.807, 2.05) is 0 Å². The monoisotopic (exact) mass is 782 g/mol. The van der Waals surface area contributed by atoms with Crippen LogP contribution in [0.1, 0.15) is 89.7 Å². The van der Waals surface area contributed by atoms with Gasteiger partial charge in [0.25, 0.3) is 0 Å². The van der Waals surface area contributed by atoms with Crippen LogP contribution in [-0.4, -0.2) is 0 Å². The van der Waals surface area contributed by atoms with Gasteiger partial charge in [-0.05, 0) is 165 Å². The minimum absolute atomic E-state index is 1.14. The summed E-state index contributed by atoms with van der Waals surface area (Å²) in [4.78, 5) is 1.38. The van der Waals surface area contributed by atoms with Gasteiger partial charge in [0.1, 0.15) is 0 Å². The molecule has 7 aromatic rings. The second-order valence-corrected chi connectivity index (χ2v) is 16.8. The fraction of sp³-hybridized carbons (Fsp3) is 0.296. The molecule has 0 fully saturated rings. The highest BCUT2D eigenvalue weighted by Crippen LogP contribution is 2.10. The molecular weight excluding hydrogens is 713 g/mol. The van der Waals surface area contributed by atoms with Gasteiger partial charge < -0.3 is 0 Å². The first-order chi connectivity index (χ1) is 26.5. The first kappa shape index (κ1) is 49.5. The Labute approximate surface area is 351 Å². The lowest BCUT2D eigenvalue weighted by Gasteiger charge is -1.98. The third kappa shape index (κ3) is 24.1. The molecule has 0 amide bonds. The molecule has 0 nitrogen and oxygen atoms in total. The van der Waals surface area contributed by atoms with Gasteiger partial charge in [-0.15, -0.1) is 11.3 Å². The van der Waals surface area contributed by atoms with E-state index in [1.165, 1.54) is 82.8 Å². The van der Waals surface area contributed by atoms with E-state index >= 15 is 0 Å². The minimum atomic E-state index is 1.14. The molecule has 298 valence electrons. The maximum absolute atomic E-state index is 2.20. The molecule has 0 radical (unpaired) electrons. The first-order valence-electron chi connectivity index (χ1n) is 19.7. The van der Waals surface area contributed by atoms with Crippen molar-refractivity contribution in [2.45, 2.75) is 110 Å². The average Bonchev–Trinajstić information content (AvgIpc) is 3.84. The van der Waals surface area contributed by atoms with Crippen molar-refractivity contribution < 1.29 is 0 Å². The molecule has 5 aromatic carbocycles. The van der Waals surface area contributed by atoms with E-state index in [0.717, 1.165) is 6.42 Å². The van der Waals surface area contributed by atoms with E-state index < -0.39 is 0 Å². The van der Waals surface area contributed by atoms with Gasteiger partial charge in [0.05, 0.1) is 0 Å². The van der Waals surface area contributed by atoms with Crippen molar-refractivity contribution in [2.75, 3.05) is 0 Å². The maximum Gasteiger partial charge on any atom is 0.00141 e. The SMILES string of the molecule is CCc1ccc(C)cc1.Cc1cc(C)cc(C)c1.Cc1ccc(C)c(C)c1.Cc1ccc(C)c(C)c1.Cc1ccc(C)cc1.Cc1cccs1.Cc1ccsc1. The van der Waals surface area contributed by atoms with Gasteiger partial charge in [0.2, 0.25) is 0 Å². The average molecular weight is 783 g/mol. The quantitative estimate of drug-likeness (QED) is 0.156. The Balaban J connectivity index is 0.000000328. The molecule has 0 aliphatic heterocycles. The molecule has 7 rings (SSSR count). The van der Waals surface area contributed by atoms with Crippen molar-refractivity contribution in [2.24, 2.45) is 0 Å². The Morgan fingerprint density at radius 2 is 0.732 bits per heavy atom. The Kier molecular flexibility index (Phi) is 24.7. The predicted octanol–water partition coefficient (Wildman–Crippen LogP) is 16.8. The van der Waals surface area contributed by atoms with Crippen molar-refractivity contribution >= 4 is 22.7 Å². The van der Waals surface area contributed by atoms with E-state index in [1.54, 1.807) is 22.7 Å². The van der Waals surface area contributed by atoms with Crippen LogP contribution in [0.3, 0.4) is 0 Å². The summed E-state index contributed by atoms with van der Waals surface area (Å²) in [5.41, 5.74) is 19.0. The van der Waals surface area contributed by atoms with Crippen LogP contribution in [0.25, 0.3) is 0 Å². The van der Waals surface area contributed by atoms with Crippen LogP contribution >= 0.6 is 22.7 Å². The zero-order valence-corrected chi connectivity index (χ0v) is 38.9. The Morgan fingerprint density at radius 3 is 0.964 bits per heavy atom. The predicted molar refractivity (Wildman–Crippen MR) is 257 cm³/mol. The summed E-state index contributed by atoms with van der Waals surface area (Å²) >= 11 is 3.52. The van der Waals surface area contributed by atoms with Crippen LogP contribution < -0.4 is 0 Å². The zero-order valence-electron chi connectivity index (χ0n) is 37.3. The Morgan fingerprint density at radius 1 is 0.339 bits per heavy atom. The highest BCUT2D eigenvalue weighted by molar-refractivity contribution is 7.09. The van der Waals surface area contributed by atoms with Crippen molar-refractivity contribution in [1.29, 1.82) is 0 Å². The van der Waals surface area contributed by atoms with Crippen LogP contribution in [-0.2, 0) is 6.42 Å². The lowest BCUT2D eigenvalue weighted by Crippen LogP contribution is -1.79. The lowest BCUT2D eigenvalue weighted by atomic mass is 10.1. The molecule has 0 saturated carbocycles. The molecule has 0 bridgehead atoms. The molecule has 2 heteroatoms. The molecule has 2 heterocycles. The maximum atomic E-state index is 2.20. The highest BCUT2D eigenvalue weighted by atomic mass is 32.1. The molecule has 0 unspecified atom stereocenters. The zero-order chi connectivity index (χ0) is 42.0. The fourth-order valence-electron chi connectivity index (χ4n) is 5.14. The topological polar surface area (TPSA) is 0 Å². The molecule has 0 spiro atoms. The number of hydrogen-bond acceptors (Lipinski definition) is 2. The third-order valence-corrected chi connectivity index (χ3v) is 10.4. The fourth-order valence-corrected chi connectivity index (χ4v) is 6.33. The summed E-state index contributed by atoms with van der Waals surface area (Å²) < 4.78 is 0. The normalized spacial score (nSPS) is 9.41. The highest BCUT2D eigenvalue weighted by Gasteiger charge is 1.91. The molecule has 2 aromatic heterocycles. The van der Waals surface area contributed by atoms with Crippen LogP contribution in [0.5, 0.6) is 0 Å². The van der Waals surface area contributed by atoms with Gasteiger partial charge in [0, 0.05) is 4.88 Å². The van der Waals surface area contributed by atoms with Gasteiger partial charge in [-0.1, -0.05) is 161 Å². The molecular formula is C54H70S2. The van der Waals surface area contributed by atoms with Crippen molar-refractivity contribution in [3.05, 3.63) is 220 Å². The van der Waals surface area contributed by atoms with Crippen molar-refractivity contribution in [3.63, 3.8) is 0 Å².